The van der Waals surface area contributed by atoms with Gasteiger partial charge in [0.25, 0.3) is 0 Å². The molecule has 0 heterocycles. The number of rotatable bonds is 8. The third-order valence-corrected chi connectivity index (χ3v) is 3.82. The molecule has 0 saturated heterocycles. The fraction of sp³-hybridized carbons (Fsp3) is 0.368. The second-order valence-electron chi connectivity index (χ2n) is 5.62. The van der Waals surface area contributed by atoms with E-state index in [-0.39, 0.29) is 5.82 Å². The van der Waals surface area contributed by atoms with E-state index in [1.165, 1.54) is 11.6 Å². The maximum atomic E-state index is 13.1. The highest BCUT2D eigenvalue weighted by molar-refractivity contribution is 5.27. The molecule has 0 bridgehead atoms. The summed E-state index contributed by atoms with van der Waals surface area (Å²) in [4.78, 5) is 0. The van der Waals surface area contributed by atoms with Crippen molar-refractivity contribution in [3.63, 3.8) is 0 Å². The first-order valence-electron chi connectivity index (χ1n) is 7.78. The molecule has 1 atom stereocenters. The molecule has 0 saturated carbocycles. The SMILES string of the molecule is COc1ccc(CCC(C)NCCc2cccc(F)c2)cc1. The lowest BCUT2D eigenvalue weighted by Crippen LogP contribution is -2.28. The minimum Gasteiger partial charge on any atom is -0.497 e. The quantitative estimate of drug-likeness (QED) is 0.796. The average molecular weight is 301 g/mol. The molecule has 0 aliphatic carbocycles. The van der Waals surface area contributed by atoms with Crippen LogP contribution >= 0.6 is 0 Å². The molecule has 0 spiro atoms. The van der Waals surface area contributed by atoms with Gasteiger partial charge in [0.2, 0.25) is 0 Å². The van der Waals surface area contributed by atoms with Crippen molar-refractivity contribution in [3.8, 4) is 5.75 Å². The molecule has 0 aliphatic rings. The lowest BCUT2D eigenvalue weighted by molar-refractivity contribution is 0.414. The van der Waals surface area contributed by atoms with Gasteiger partial charge in [0, 0.05) is 6.04 Å². The number of nitrogens with one attached hydrogen (secondary N) is 1. The predicted molar refractivity (Wildman–Crippen MR) is 88.9 cm³/mol. The Morgan fingerprint density at radius 3 is 2.50 bits per heavy atom. The lowest BCUT2D eigenvalue weighted by Gasteiger charge is -2.14. The van der Waals surface area contributed by atoms with Crippen LogP contribution in [0.3, 0.4) is 0 Å². The van der Waals surface area contributed by atoms with Crippen molar-refractivity contribution in [1.29, 1.82) is 0 Å². The fourth-order valence-electron chi connectivity index (χ4n) is 2.43. The van der Waals surface area contributed by atoms with Crippen LogP contribution in [0.5, 0.6) is 5.75 Å². The van der Waals surface area contributed by atoms with Gasteiger partial charge in [0.05, 0.1) is 7.11 Å². The van der Waals surface area contributed by atoms with E-state index in [9.17, 15) is 4.39 Å². The first kappa shape index (κ1) is 16.5. The number of halogens is 1. The topological polar surface area (TPSA) is 21.3 Å². The molecule has 22 heavy (non-hydrogen) atoms. The van der Waals surface area contributed by atoms with Gasteiger partial charge in [0.1, 0.15) is 11.6 Å². The highest BCUT2D eigenvalue weighted by Gasteiger charge is 2.03. The summed E-state index contributed by atoms with van der Waals surface area (Å²) in [6.45, 7) is 3.06. The van der Waals surface area contributed by atoms with Crippen LogP contribution in [-0.4, -0.2) is 19.7 Å². The normalized spacial score (nSPS) is 12.1. The van der Waals surface area contributed by atoms with Gasteiger partial charge in [-0.15, -0.1) is 0 Å². The van der Waals surface area contributed by atoms with E-state index in [0.29, 0.717) is 6.04 Å². The summed E-state index contributed by atoms with van der Waals surface area (Å²) in [5.41, 5.74) is 2.36. The summed E-state index contributed by atoms with van der Waals surface area (Å²) in [5, 5.41) is 3.50. The van der Waals surface area contributed by atoms with Crippen LogP contribution < -0.4 is 10.1 Å². The average Bonchev–Trinajstić information content (AvgIpc) is 2.53. The smallest absolute Gasteiger partial charge is 0.123 e. The number of hydrogen-bond donors (Lipinski definition) is 1. The van der Waals surface area contributed by atoms with Crippen molar-refractivity contribution in [1.82, 2.24) is 5.32 Å². The molecule has 2 aromatic carbocycles. The fourth-order valence-corrected chi connectivity index (χ4v) is 2.43. The molecule has 0 amide bonds. The van der Waals surface area contributed by atoms with Gasteiger partial charge < -0.3 is 10.1 Å². The van der Waals surface area contributed by atoms with E-state index in [2.05, 4.69) is 24.4 Å². The van der Waals surface area contributed by atoms with Crippen LogP contribution in [0.2, 0.25) is 0 Å². The van der Waals surface area contributed by atoms with E-state index in [4.69, 9.17) is 4.74 Å². The Morgan fingerprint density at radius 1 is 1.05 bits per heavy atom. The summed E-state index contributed by atoms with van der Waals surface area (Å²) in [6.07, 6.45) is 2.97. The molecule has 1 unspecified atom stereocenters. The Labute approximate surface area is 132 Å². The molecular weight excluding hydrogens is 277 g/mol. The number of benzene rings is 2. The number of aryl methyl sites for hydroxylation is 1. The molecule has 2 rings (SSSR count). The second-order valence-corrected chi connectivity index (χ2v) is 5.62. The maximum Gasteiger partial charge on any atom is 0.123 e. The maximum absolute atomic E-state index is 13.1. The standard InChI is InChI=1S/C19H24FNO/c1-15(6-7-16-8-10-19(22-2)11-9-16)21-13-12-17-4-3-5-18(20)14-17/h3-5,8-11,14-15,21H,6-7,12-13H2,1-2H3. The van der Waals surface area contributed by atoms with E-state index in [0.717, 1.165) is 37.1 Å². The first-order valence-corrected chi connectivity index (χ1v) is 7.78. The van der Waals surface area contributed by atoms with Gasteiger partial charge in [-0.25, -0.2) is 4.39 Å². The van der Waals surface area contributed by atoms with Crippen LogP contribution in [0.1, 0.15) is 24.5 Å². The van der Waals surface area contributed by atoms with E-state index in [1.54, 1.807) is 19.2 Å². The van der Waals surface area contributed by atoms with Gasteiger partial charge in [-0.05, 0) is 68.1 Å². The van der Waals surface area contributed by atoms with Crippen molar-refractivity contribution >= 4 is 0 Å². The Bertz CT molecular complexity index is 568. The Morgan fingerprint density at radius 2 is 1.82 bits per heavy atom. The molecule has 0 aromatic heterocycles. The molecule has 1 N–H and O–H groups in total. The Hall–Kier alpha value is -1.87. The molecule has 2 aromatic rings. The van der Waals surface area contributed by atoms with E-state index in [1.807, 2.05) is 18.2 Å². The lowest BCUT2D eigenvalue weighted by atomic mass is 10.1. The summed E-state index contributed by atoms with van der Waals surface area (Å²) in [7, 11) is 1.68. The van der Waals surface area contributed by atoms with Crippen LogP contribution in [0, 0.1) is 5.82 Å². The number of hydrogen-bond acceptors (Lipinski definition) is 2. The molecule has 0 radical (unpaired) electrons. The predicted octanol–water partition coefficient (Wildman–Crippen LogP) is 3.99. The first-order chi connectivity index (χ1) is 10.7. The van der Waals surface area contributed by atoms with E-state index < -0.39 is 0 Å². The summed E-state index contributed by atoms with van der Waals surface area (Å²) in [5.74, 6) is 0.732. The van der Waals surface area contributed by atoms with Gasteiger partial charge in [-0.3, -0.25) is 0 Å². The minimum absolute atomic E-state index is 0.162. The van der Waals surface area contributed by atoms with Crippen LogP contribution in [0.4, 0.5) is 4.39 Å². The zero-order chi connectivity index (χ0) is 15.8. The van der Waals surface area contributed by atoms with Gasteiger partial charge in [-0.2, -0.15) is 0 Å². The zero-order valence-corrected chi connectivity index (χ0v) is 13.3. The highest BCUT2D eigenvalue weighted by atomic mass is 19.1. The van der Waals surface area contributed by atoms with Crippen molar-refractivity contribution in [2.75, 3.05) is 13.7 Å². The third-order valence-electron chi connectivity index (χ3n) is 3.82. The van der Waals surface area contributed by atoms with Crippen molar-refractivity contribution in [2.24, 2.45) is 0 Å². The number of ether oxygens (including phenoxy) is 1. The van der Waals surface area contributed by atoms with Gasteiger partial charge >= 0.3 is 0 Å². The largest absolute Gasteiger partial charge is 0.497 e. The molecule has 3 heteroatoms. The minimum atomic E-state index is -0.162. The Balaban J connectivity index is 1.68. The monoisotopic (exact) mass is 301 g/mol. The van der Waals surface area contributed by atoms with E-state index >= 15 is 0 Å². The zero-order valence-electron chi connectivity index (χ0n) is 13.3. The van der Waals surface area contributed by atoms with Gasteiger partial charge in [0.15, 0.2) is 0 Å². The molecule has 2 nitrogen and oxygen atoms in total. The summed E-state index contributed by atoms with van der Waals surface area (Å²) < 4.78 is 18.2. The highest BCUT2D eigenvalue weighted by Crippen LogP contribution is 2.13. The molecular formula is C19H24FNO. The van der Waals surface area contributed by atoms with Gasteiger partial charge in [-0.1, -0.05) is 24.3 Å². The molecule has 0 fully saturated rings. The van der Waals surface area contributed by atoms with Crippen LogP contribution in [-0.2, 0) is 12.8 Å². The summed E-state index contributed by atoms with van der Waals surface area (Å²) >= 11 is 0. The molecule has 118 valence electrons. The second kappa shape index (κ2) is 8.54. The van der Waals surface area contributed by atoms with Crippen LogP contribution in [0.25, 0.3) is 0 Å². The number of methoxy groups -OCH3 is 1. The van der Waals surface area contributed by atoms with Crippen molar-refractivity contribution in [3.05, 3.63) is 65.5 Å². The van der Waals surface area contributed by atoms with Crippen LogP contribution in [0.15, 0.2) is 48.5 Å². The molecule has 0 aliphatic heterocycles. The van der Waals surface area contributed by atoms with Crippen molar-refractivity contribution < 1.29 is 9.13 Å². The van der Waals surface area contributed by atoms with Crippen molar-refractivity contribution in [2.45, 2.75) is 32.2 Å². The summed E-state index contributed by atoms with van der Waals surface area (Å²) in [6, 6.07) is 15.5. The Kier molecular flexibility index (Phi) is 6.41. The third kappa shape index (κ3) is 5.49.